The van der Waals surface area contributed by atoms with Crippen molar-refractivity contribution >= 4 is 0 Å². The molecule has 0 aliphatic heterocycles. The van der Waals surface area contributed by atoms with Crippen LogP contribution in [0.3, 0.4) is 0 Å². The maximum absolute atomic E-state index is 13.6. The molecule has 0 fully saturated rings. The molecule has 0 amide bonds. The molecule has 0 saturated carbocycles. The van der Waals surface area contributed by atoms with Gasteiger partial charge in [-0.3, -0.25) is 0 Å². The third-order valence-electron chi connectivity index (χ3n) is 2.25. The highest BCUT2D eigenvalue weighted by Crippen LogP contribution is 2.21. The van der Waals surface area contributed by atoms with Gasteiger partial charge in [-0.05, 0) is 24.6 Å². The fourth-order valence-corrected chi connectivity index (χ4v) is 1.32. The number of nitrogens with two attached hydrogens (primary N) is 1. The van der Waals surface area contributed by atoms with Crippen molar-refractivity contribution in [2.75, 3.05) is 0 Å². The highest BCUT2D eigenvalue weighted by molar-refractivity contribution is 5.30. The molecule has 0 unspecified atom stereocenters. The van der Waals surface area contributed by atoms with E-state index in [9.17, 15) is 4.39 Å². The van der Waals surface area contributed by atoms with Crippen molar-refractivity contribution in [3.63, 3.8) is 0 Å². The van der Waals surface area contributed by atoms with Crippen LogP contribution in [0.25, 0.3) is 0 Å². The summed E-state index contributed by atoms with van der Waals surface area (Å²) in [6.07, 6.45) is 1.19. The molecule has 1 atom stereocenters. The van der Waals surface area contributed by atoms with Gasteiger partial charge in [-0.15, -0.1) is 0 Å². The normalized spacial score (nSPS) is 12.4. The first-order chi connectivity index (χ1) is 8.16. The van der Waals surface area contributed by atoms with E-state index in [1.54, 1.807) is 13.0 Å². The first kappa shape index (κ1) is 11.5. The van der Waals surface area contributed by atoms with Crippen molar-refractivity contribution in [1.29, 1.82) is 0 Å². The molecule has 1 heterocycles. The van der Waals surface area contributed by atoms with Crippen molar-refractivity contribution < 1.29 is 13.7 Å². The summed E-state index contributed by atoms with van der Waals surface area (Å²) in [4.78, 5) is 3.76. The van der Waals surface area contributed by atoms with Crippen LogP contribution < -0.4 is 10.5 Å². The molecule has 5 nitrogen and oxygen atoms in total. The number of aromatic nitrogens is 2. The summed E-state index contributed by atoms with van der Waals surface area (Å²) in [7, 11) is 0. The number of halogens is 1. The number of hydrogen-bond donors (Lipinski definition) is 1. The van der Waals surface area contributed by atoms with Gasteiger partial charge in [0.2, 0.25) is 12.2 Å². The molecule has 0 bridgehead atoms. The highest BCUT2D eigenvalue weighted by Gasteiger charge is 2.08. The van der Waals surface area contributed by atoms with E-state index in [4.69, 9.17) is 10.5 Å². The molecule has 90 valence electrons. The van der Waals surface area contributed by atoms with Gasteiger partial charge in [-0.2, -0.15) is 4.98 Å². The van der Waals surface area contributed by atoms with Crippen molar-refractivity contribution in [2.45, 2.75) is 19.6 Å². The summed E-state index contributed by atoms with van der Waals surface area (Å²) >= 11 is 0. The minimum Gasteiger partial charge on any atom is -0.482 e. The zero-order valence-electron chi connectivity index (χ0n) is 9.26. The topological polar surface area (TPSA) is 74.2 Å². The van der Waals surface area contributed by atoms with Gasteiger partial charge >= 0.3 is 0 Å². The molecule has 0 aliphatic carbocycles. The summed E-state index contributed by atoms with van der Waals surface area (Å²) in [5.74, 6) is 0.0446. The largest absolute Gasteiger partial charge is 0.482 e. The average molecular weight is 237 g/mol. The van der Waals surface area contributed by atoms with E-state index in [2.05, 4.69) is 14.7 Å². The van der Waals surface area contributed by atoms with Gasteiger partial charge in [0.25, 0.3) is 0 Å². The van der Waals surface area contributed by atoms with Gasteiger partial charge in [0.1, 0.15) is 0 Å². The van der Waals surface area contributed by atoms with Crippen molar-refractivity contribution in [3.05, 3.63) is 41.8 Å². The number of rotatable bonds is 4. The van der Waals surface area contributed by atoms with Gasteiger partial charge in [0.15, 0.2) is 18.2 Å². The maximum atomic E-state index is 13.6. The minimum absolute atomic E-state index is 0.0605. The summed E-state index contributed by atoms with van der Waals surface area (Å²) in [5.41, 5.74) is 6.36. The molecule has 1 aromatic heterocycles. The third-order valence-corrected chi connectivity index (χ3v) is 2.25. The van der Waals surface area contributed by atoms with E-state index in [1.807, 2.05) is 0 Å². The molecule has 6 heteroatoms. The van der Waals surface area contributed by atoms with Gasteiger partial charge in [-0.1, -0.05) is 11.2 Å². The minimum atomic E-state index is -0.455. The lowest BCUT2D eigenvalue weighted by atomic mass is 10.1. The fourth-order valence-electron chi connectivity index (χ4n) is 1.32. The first-order valence-corrected chi connectivity index (χ1v) is 5.10. The summed E-state index contributed by atoms with van der Waals surface area (Å²) in [6, 6.07) is 4.40. The van der Waals surface area contributed by atoms with E-state index in [1.165, 1.54) is 18.5 Å². The Balaban J connectivity index is 2.06. The van der Waals surface area contributed by atoms with Crippen LogP contribution in [0.1, 0.15) is 24.4 Å². The smallest absolute Gasteiger partial charge is 0.213 e. The Hall–Kier alpha value is -1.95. The second kappa shape index (κ2) is 4.92. The van der Waals surface area contributed by atoms with Crippen molar-refractivity contribution in [1.82, 2.24) is 10.1 Å². The van der Waals surface area contributed by atoms with Gasteiger partial charge in [-0.25, -0.2) is 4.39 Å². The van der Waals surface area contributed by atoms with E-state index in [0.29, 0.717) is 5.82 Å². The second-order valence-corrected chi connectivity index (χ2v) is 3.61. The molecular formula is C11H12FN3O2. The SMILES string of the molecule is C[C@@H](N)c1ccc(OCc2ncon2)c(F)c1. The third kappa shape index (κ3) is 2.79. The van der Waals surface area contributed by atoms with Crippen molar-refractivity contribution in [3.8, 4) is 5.75 Å². The number of nitrogens with zero attached hydrogens (tertiary/aromatic N) is 2. The molecule has 0 spiro atoms. The molecule has 2 N–H and O–H groups in total. The lowest BCUT2D eigenvalue weighted by Gasteiger charge is -2.09. The van der Waals surface area contributed by atoms with Crippen molar-refractivity contribution in [2.24, 2.45) is 5.73 Å². The zero-order valence-corrected chi connectivity index (χ0v) is 9.26. The van der Waals surface area contributed by atoms with E-state index in [-0.39, 0.29) is 18.4 Å². The Morgan fingerprint density at radius 1 is 1.53 bits per heavy atom. The Bertz CT molecular complexity index is 485. The number of benzene rings is 1. The van der Waals surface area contributed by atoms with Crippen LogP contribution in [0.15, 0.2) is 29.1 Å². The lowest BCUT2D eigenvalue weighted by molar-refractivity contribution is 0.273. The molecule has 2 rings (SSSR count). The zero-order chi connectivity index (χ0) is 12.3. The summed E-state index contributed by atoms with van der Waals surface area (Å²) in [6.45, 7) is 1.85. The lowest BCUT2D eigenvalue weighted by Crippen LogP contribution is -2.06. The first-order valence-electron chi connectivity index (χ1n) is 5.10. The highest BCUT2D eigenvalue weighted by atomic mass is 19.1. The average Bonchev–Trinajstić information content (AvgIpc) is 2.80. The maximum Gasteiger partial charge on any atom is 0.213 e. The monoisotopic (exact) mass is 237 g/mol. The Morgan fingerprint density at radius 2 is 2.35 bits per heavy atom. The molecule has 17 heavy (non-hydrogen) atoms. The van der Waals surface area contributed by atoms with Crippen LogP contribution in [0, 0.1) is 5.82 Å². The van der Waals surface area contributed by atoms with Crippen LogP contribution in [0.4, 0.5) is 4.39 Å². The molecular weight excluding hydrogens is 225 g/mol. The van der Waals surface area contributed by atoms with Gasteiger partial charge < -0.3 is 15.0 Å². The Morgan fingerprint density at radius 3 is 2.94 bits per heavy atom. The second-order valence-electron chi connectivity index (χ2n) is 3.61. The van der Waals surface area contributed by atoms with Gasteiger partial charge in [0.05, 0.1) is 0 Å². The van der Waals surface area contributed by atoms with Crippen LogP contribution in [-0.2, 0) is 6.61 Å². The van der Waals surface area contributed by atoms with Crippen LogP contribution >= 0.6 is 0 Å². The molecule has 1 aromatic carbocycles. The predicted octanol–water partition coefficient (Wildman–Crippen LogP) is 1.81. The van der Waals surface area contributed by atoms with E-state index < -0.39 is 5.82 Å². The quantitative estimate of drug-likeness (QED) is 0.877. The number of hydrogen-bond acceptors (Lipinski definition) is 5. The standard InChI is InChI=1S/C11H12FN3O2/c1-7(13)8-2-3-10(9(12)4-8)16-5-11-14-6-17-15-11/h2-4,6-7H,5,13H2,1H3/t7-/m1/s1. The molecule has 0 radical (unpaired) electrons. The van der Waals surface area contributed by atoms with Gasteiger partial charge in [0, 0.05) is 6.04 Å². The fraction of sp³-hybridized carbons (Fsp3) is 0.273. The van der Waals surface area contributed by atoms with E-state index >= 15 is 0 Å². The Labute approximate surface area is 97.4 Å². The van der Waals surface area contributed by atoms with Crippen LogP contribution in [0.2, 0.25) is 0 Å². The van der Waals surface area contributed by atoms with Crippen LogP contribution in [-0.4, -0.2) is 10.1 Å². The molecule has 2 aromatic rings. The Kier molecular flexibility index (Phi) is 3.34. The molecule has 0 aliphatic rings. The molecule has 0 saturated heterocycles. The van der Waals surface area contributed by atoms with Crippen LogP contribution in [0.5, 0.6) is 5.75 Å². The summed E-state index contributed by atoms with van der Waals surface area (Å²) in [5, 5.41) is 3.55. The predicted molar refractivity (Wildman–Crippen MR) is 57.6 cm³/mol. The number of ether oxygens (including phenoxy) is 1. The van der Waals surface area contributed by atoms with E-state index in [0.717, 1.165) is 5.56 Å². The summed E-state index contributed by atoms with van der Waals surface area (Å²) < 4.78 is 23.3.